The van der Waals surface area contributed by atoms with Gasteiger partial charge in [0.2, 0.25) is 24.3 Å². The molecular formula is C22H18N4O4S2. The van der Waals surface area contributed by atoms with Gasteiger partial charge in [0.1, 0.15) is 6.33 Å². The Labute approximate surface area is 185 Å². The topological polar surface area (TPSA) is 111 Å². The summed E-state index contributed by atoms with van der Waals surface area (Å²) in [6.45, 7) is 0. The molecule has 32 heavy (non-hydrogen) atoms. The molecule has 0 N–H and O–H groups in total. The number of rotatable bonds is 7. The average molecular weight is 467 g/mol. The Hall–Kier alpha value is -3.63. The van der Waals surface area contributed by atoms with E-state index in [0.717, 1.165) is 6.21 Å². The predicted molar refractivity (Wildman–Crippen MR) is 121 cm³/mol. The number of benzene rings is 3. The van der Waals surface area contributed by atoms with Crippen molar-refractivity contribution in [3.63, 3.8) is 0 Å². The molecular weight excluding hydrogens is 448 g/mol. The van der Waals surface area contributed by atoms with Crippen LogP contribution in [0.15, 0.2) is 112 Å². The first-order valence-electron chi connectivity index (χ1n) is 9.48. The second-order valence-electron chi connectivity index (χ2n) is 6.70. The summed E-state index contributed by atoms with van der Waals surface area (Å²) in [6.07, 6.45) is 2.31. The Kier molecular flexibility index (Phi) is 5.97. The quantitative estimate of drug-likeness (QED) is 0.387. The van der Waals surface area contributed by atoms with Gasteiger partial charge in [-0.1, -0.05) is 54.6 Å². The number of hydrogen-bond donors (Lipinski definition) is 0. The number of nitrogens with zero attached hydrogens (tertiary/aromatic N) is 4. The second-order valence-corrected chi connectivity index (χ2v) is 11.1. The van der Waals surface area contributed by atoms with Crippen LogP contribution in [-0.2, 0) is 19.7 Å². The fourth-order valence-corrected chi connectivity index (χ4v) is 7.08. The van der Waals surface area contributed by atoms with Gasteiger partial charge < -0.3 is 0 Å². The molecule has 0 unspecified atom stereocenters. The number of para-hydroxylation sites is 1. The van der Waals surface area contributed by atoms with Crippen LogP contribution in [0.25, 0.3) is 5.69 Å². The highest BCUT2D eigenvalue weighted by Gasteiger charge is 2.39. The molecule has 3 aromatic carbocycles. The first-order chi connectivity index (χ1) is 15.4. The van der Waals surface area contributed by atoms with Crippen LogP contribution in [0.4, 0.5) is 5.95 Å². The maximum absolute atomic E-state index is 13.4. The maximum atomic E-state index is 13.4. The highest BCUT2D eigenvalue weighted by Crippen LogP contribution is 2.25. The summed E-state index contributed by atoms with van der Waals surface area (Å²) in [7, 11) is -8.66. The van der Waals surface area contributed by atoms with Gasteiger partial charge in [-0.3, -0.25) is 4.57 Å². The van der Waals surface area contributed by atoms with E-state index in [1.54, 1.807) is 24.3 Å². The molecule has 0 saturated carbocycles. The monoisotopic (exact) mass is 466 g/mol. The summed E-state index contributed by atoms with van der Waals surface area (Å²) < 4.78 is 53.0. The lowest BCUT2D eigenvalue weighted by atomic mass is 10.3. The molecule has 0 radical (unpaired) electrons. The standard InChI is InChI=1S/C22H18N4O4S2/c27-31(28,19-12-6-2-7-13-19)21(32(29,30)20-14-8-3-9-15-20)16-23-22-25-24-17-26(22)18-10-4-1-5-11-18/h1-17,21H. The molecule has 4 aromatic rings. The molecule has 0 fully saturated rings. The van der Waals surface area contributed by atoms with Crippen molar-refractivity contribution in [3.8, 4) is 5.69 Å². The van der Waals surface area contributed by atoms with Gasteiger partial charge in [-0.15, -0.1) is 10.2 Å². The maximum Gasteiger partial charge on any atom is 0.254 e. The van der Waals surface area contributed by atoms with Gasteiger partial charge in [0.25, 0.3) is 5.95 Å². The molecule has 1 heterocycles. The van der Waals surface area contributed by atoms with Gasteiger partial charge in [-0.2, -0.15) is 0 Å². The van der Waals surface area contributed by atoms with E-state index in [-0.39, 0.29) is 15.7 Å². The molecule has 1 aromatic heterocycles. The van der Waals surface area contributed by atoms with E-state index in [1.807, 2.05) is 18.2 Å². The molecule has 0 amide bonds. The van der Waals surface area contributed by atoms with E-state index in [0.29, 0.717) is 5.69 Å². The molecule has 0 saturated heterocycles. The molecule has 0 spiro atoms. The van der Waals surface area contributed by atoms with E-state index >= 15 is 0 Å². The molecule has 0 aliphatic rings. The predicted octanol–water partition coefficient (Wildman–Crippen LogP) is 3.24. The largest absolute Gasteiger partial charge is 0.266 e. The van der Waals surface area contributed by atoms with Crippen LogP contribution in [-0.4, -0.2) is 42.4 Å². The summed E-state index contributed by atoms with van der Waals surface area (Å²) in [5.74, 6) is 0.0488. The minimum absolute atomic E-state index is 0.0488. The Morgan fingerprint density at radius 1 is 0.719 bits per heavy atom. The van der Waals surface area contributed by atoms with Gasteiger partial charge in [0, 0.05) is 6.21 Å². The van der Waals surface area contributed by atoms with E-state index in [1.165, 1.54) is 59.4 Å². The van der Waals surface area contributed by atoms with Crippen molar-refractivity contribution in [3.05, 3.63) is 97.3 Å². The van der Waals surface area contributed by atoms with Crippen molar-refractivity contribution in [1.82, 2.24) is 14.8 Å². The first kappa shape index (κ1) is 21.6. The van der Waals surface area contributed by atoms with E-state index < -0.39 is 24.3 Å². The fourth-order valence-electron chi connectivity index (χ4n) is 3.03. The Balaban J connectivity index is 1.83. The summed E-state index contributed by atoms with van der Waals surface area (Å²) in [4.78, 5) is 3.88. The Bertz CT molecular complexity index is 1370. The van der Waals surface area contributed by atoms with Crippen molar-refractivity contribution >= 4 is 31.8 Å². The zero-order valence-electron chi connectivity index (χ0n) is 16.6. The summed E-state index contributed by atoms with van der Waals surface area (Å²) in [5.41, 5.74) is 0.693. The number of aliphatic imine (C=N–C) groups is 1. The van der Waals surface area contributed by atoms with Crippen molar-refractivity contribution in [2.24, 2.45) is 4.99 Å². The fraction of sp³-hybridized carbons (Fsp3) is 0.0455. The van der Waals surface area contributed by atoms with Crippen LogP contribution in [0.5, 0.6) is 0 Å². The molecule has 0 atom stereocenters. The van der Waals surface area contributed by atoms with Crippen molar-refractivity contribution in [2.45, 2.75) is 14.4 Å². The third-order valence-electron chi connectivity index (χ3n) is 4.63. The van der Waals surface area contributed by atoms with Crippen molar-refractivity contribution in [1.29, 1.82) is 0 Å². The van der Waals surface area contributed by atoms with Crippen molar-refractivity contribution in [2.75, 3.05) is 0 Å². The van der Waals surface area contributed by atoms with Crippen LogP contribution in [0.1, 0.15) is 0 Å². The SMILES string of the molecule is O=S(=O)(c1ccccc1)C(C=Nc1nncn1-c1ccccc1)S(=O)(=O)c1ccccc1. The van der Waals surface area contributed by atoms with Gasteiger partial charge >= 0.3 is 0 Å². The van der Waals surface area contributed by atoms with Gasteiger partial charge in [0.15, 0.2) is 0 Å². The second kappa shape index (κ2) is 8.85. The lowest BCUT2D eigenvalue weighted by Crippen LogP contribution is -2.32. The lowest BCUT2D eigenvalue weighted by Gasteiger charge is -2.15. The molecule has 0 aliphatic carbocycles. The average Bonchev–Trinajstić information content (AvgIpc) is 3.29. The normalized spacial score (nSPS) is 12.4. The van der Waals surface area contributed by atoms with Crippen LogP contribution in [0.3, 0.4) is 0 Å². The zero-order valence-corrected chi connectivity index (χ0v) is 18.3. The molecule has 8 nitrogen and oxygen atoms in total. The van der Waals surface area contributed by atoms with Gasteiger partial charge in [0.05, 0.1) is 15.5 Å². The van der Waals surface area contributed by atoms with Crippen LogP contribution >= 0.6 is 0 Å². The van der Waals surface area contributed by atoms with Crippen LogP contribution in [0.2, 0.25) is 0 Å². The van der Waals surface area contributed by atoms with Gasteiger partial charge in [-0.25, -0.2) is 21.8 Å². The van der Waals surface area contributed by atoms with E-state index in [2.05, 4.69) is 15.2 Å². The smallest absolute Gasteiger partial charge is 0.254 e. The third-order valence-corrected chi connectivity index (χ3v) is 9.48. The van der Waals surface area contributed by atoms with Crippen LogP contribution in [0, 0.1) is 0 Å². The third kappa shape index (κ3) is 4.23. The molecule has 4 rings (SSSR count). The minimum atomic E-state index is -4.33. The molecule has 10 heteroatoms. The highest BCUT2D eigenvalue weighted by atomic mass is 32.3. The summed E-state index contributed by atoms with van der Waals surface area (Å²) in [5, 5.41) is 7.72. The Morgan fingerprint density at radius 3 is 1.69 bits per heavy atom. The first-order valence-corrected chi connectivity index (χ1v) is 12.6. The number of hydrogen-bond acceptors (Lipinski definition) is 7. The summed E-state index contributed by atoms with van der Waals surface area (Å²) in [6, 6.07) is 23.9. The van der Waals surface area contributed by atoms with Gasteiger partial charge in [-0.05, 0) is 36.4 Å². The molecule has 162 valence electrons. The number of sulfone groups is 2. The minimum Gasteiger partial charge on any atom is -0.266 e. The Morgan fingerprint density at radius 2 is 1.19 bits per heavy atom. The summed E-state index contributed by atoms with van der Waals surface area (Å²) >= 11 is 0. The number of aromatic nitrogens is 3. The van der Waals surface area contributed by atoms with E-state index in [9.17, 15) is 16.8 Å². The lowest BCUT2D eigenvalue weighted by molar-refractivity contribution is 0.584. The van der Waals surface area contributed by atoms with Crippen molar-refractivity contribution < 1.29 is 16.8 Å². The zero-order chi connectivity index (χ0) is 22.6. The van der Waals surface area contributed by atoms with Crippen LogP contribution < -0.4 is 0 Å². The molecule has 0 bridgehead atoms. The highest BCUT2D eigenvalue weighted by molar-refractivity contribution is 8.10. The van der Waals surface area contributed by atoms with E-state index in [4.69, 9.17) is 0 Å². The molecule has 0 aliphatic heterocycles.